The second kappa shape index (κ2) is 7.67. The molecule has 1 unspecified atom stereocenters. The average molecular weight is 404 g/mol. The molecule has 1 N–H and O–H groups in total. The number of hydrogen-bond acceptors (Lipinski definition) is 4. The lowest BCUT2D eigenvalue weighted by Crippen LogP contribution is -2.47. The average Bonchev–Trinajstić information content (AvgIpc) is 3.07. The van der Waals surface area contributed by atoms with Crippen LogP contribution in [-0.2, 0) is 22.7 Å². The summed E-state index contributed by atoms with van der Waals surface area (Å²) in [7, 11) is -4.25. The summed E-state index contributed by atoms with van der Waals surface area (Å²) in [6, 6.07) is 7.83. The minimum Gasteiger partial charge on any atom is -0.297 e. The van der Waals surface area contributed by atoms with Gasteiger partial charge in [0.05, 0.1) is 10.5 Å². The number of likely N-dealkylation sites (tertiary alicyclic amines) is 1. The van der Waals surface area contributed by atoms with Gasteiger partial charge in [0.2, 0.25) is 10.0 Å². The first-order chi connectivity index (χ1) is 12.3. The van der Waals surface area contributed by atoms with Crippen LogP contribution in [0, 0.1) is 0 Å². The highest BCUT2D eigenvalue weighted by atomic mass is 32.2. The fourth-order valence-electron chi connectivity index (χ4n) is 3.14. The maximum atomic E-state index is 13.1. The highest BCUT2D eigenvalue weighted by Gasteiger charge is 2.37. The normalized spacial score (nSPS) is 19.6. The largest absolute Gasteiger partial charge is 0.417 e. The predicted molar refractivity (Wildman–Crippen MR) is 94.4 cm³/mol. The van der Waals surface area contributed by atoms with Gasteiger partial charge in [0.15, 0.2) is 0 Å². The van der Waals surface area contributed by atoms with Gasteiger partial charge in [0.1, 0.15) is 0 Å². The third kappa shape index (κ3) is 4.64. The number of sulfonamides is 1. The monoisotopic (exact) mass is 404 g/mol. The highest BCUT2D eigenvalue weighted by molar-refractivity contribution is 7.89. The molecule has 1 aromatic heterocycles. The molecule has 26 heavy (non-hydrogen) atoms. The Balaban J connectivity index is 1.73. The highest BCUT2D eigenvalue weighted by Crippen LogP contribution is 2.34. The molecule has 2 aromatic rings. The second-order valence-electron chi connectivity index (χ2n) is 6.27. The Morgan fingerprint density at radius 1 is 1.19 bits per heavy atom. The standard InChI is InChI=1S/C17H19F3N2O2S2/c18-17(19,20)15-7-1-2-8-16(15)26(23,24)21-13-5-3-9-22(11-13)12-14-6-4-10-25-14/h1-2,4,6-8,10,13,21H,3,5,9,11-12H2. The minimum absolute atomic E-state index is 0.407. The van der Waals surface area contributed by atoms with E-state index in [2.05, 4.69) is 9.62 Å². The number of rotatable bonds is 5. The van der Waals surface area contributed by atoms with Crippen molar-refractivity contribution in [1.29, 1.82) is 0 Å². The number of halogens is 3. The summed E-state index contributed by atoms with van der Waals surface area (Å²) in [6.07, 6.45) is -3.32. The van der Waals surface area contributed by atoms with Crippen molar-refractivity contribution in [2.45, 2.75) is 36.5 Å². The zero-order valence-corrected chi connectivity index (χ0v) is 15.5. The molecule has 4 nitrogen and oxygen atoms in total. The SMILES string of the molecule is O=S(=O)(NC1CCCN(Cc2cccs2)C1)c1ccccc1C(F)(F)F. The first kappa shape index (κ1) is 19.3. The number of benzene rings is 1. The van der Waals surface area contributed by atoms with E-state index in [1.54, 1.807) is 11.3 Å². The van der Waals surface area contributed by atoms with Gasteiger partial charge in [-0.2, -0.15) is 13.2 Å². The zero-order valence-electron chi connectivity index (χ0n) is 13.9. The number of nitrogens with zero attached hydrogens (tertiary/aromatic N) is 1. The van der Waals surface area contributed by atoms with Crippen molar-refractivity contribution in [3.8, 4) is 0 Å². The molecule has 0 spiro atoms. The van der Waals surface area contributed by atoms with Crippen LogP contribution in [0.4, 0.5) is 13.2 Å². The van der Waals surface area contributed by atoms with Crippen LogP contribution in [0.1, 0.15) is 23.3 Å². The van der Waals surface area contributed by atoms with E-state index in [4.69, 9.17) is 0 Å². The van der Waals surface area contributed by atoms with Crippen molar-refractivity contribution < 1.29 is 21.6 Å². The van der Waals surface area contributed by atoms with Crippen LogP contribution in [0.3, 0.4) is 0 Å². The molecular weight excluding hydrogens is 385 g/mol. The molecule has 0 saturated carbocycles. The lowest BCUT2D eigenvalue weighted by atomic mass is 10.1. The van der Waals surface area contributed by atoms with Crippen LogP contribution >= 0.6 is 11.3 Å². The molecule has 0 radical (unpaired) electrons. The smallest absolute Gasteiger partial charge is 0.297 e. The maximum absolute atomic E-state index is 13.1. The van der Waals surface area contributed by atoms with E-state index in [1.165, 1.54) is 17.0 Å². The van der Waals surface area contributed by atoms with E-state index in [1.807, 2.05) is 17.5 Å². The van der Waals surface area contributed by atoms with Crippen molar-refractivity contribution in [3.05, 3.63) is 52.2 Å². The van der Waals surface area contributed by atoms with Gasteiger partial charge in [0.25, 0.3) is 0 Å². The summed E-state index contributed by atoms with van der Waals surface area (Å²) in [5, 5.41) is 1.98. The van der Waals surface area contributed by atoms with Crippen LogP contribution in [0.15, 0.2) is 46.7 Å². The Hall–Kier alpha value is -1.42. The number of hydrogen-bond donors (Lipinski definition) is 1. The molecule has 142 valence electrons. The molecule has 1 aromatic carbocycles. The second-order valence-corrected chi connectivity index (χ2v) is 8.98. The summed E-state index contributed by atoms with van der Waals surface area (Å²) in [5.74, 6) is 0. The fourth-order valence-corrected chi connectivity index (χ4v) is 5.37. The van der Waals surface area contributed by atoms with Crippen molar-refractivity contribution >= 4 is 21.4 Å². The molecule has 2 heterocycles. The summed E-state index contributed by atoms with van der Waals surface area (Å²) >= 11 is 1.63. The van der Waals surface area contributed by atoms with E-state index >= 15 is 0 Å². The Kier molecular flexibility index (Phi) is 5.71. The molecule has 1 fully saturated rings. The van der Waals surface area contributed by atoms with Gasteiger partial charge >= 0.3 is 6.18 Å². The summed E-state index contributed by atoms with van der Waals surface area (Å²) < 4.78 is 67.0. The molecule has 1 aliphatic heterocycles. The molecule has 1 saturated heterocycles. The number of nitrogens with one attached hydrogen (secondary N) is 1. The first-order valence-electron chi connectivity index (χ1n) is 8.19. The minimum atomic E-state index is -4.72. The van der Waals surface area contributed by atoms with Gasteiger partial charge in [0, 0.05) is 24.0 Å². The van der Waals surface area contributed by atoms with Crippen molar-refractivity contribution in [2.75, 3.05) is 13.1 Å². The van der Waals surface area contributed by atoms with Gasteiger partial charge in [-0.1, -0.05) is 18.2 Å². The molecule has 0 amide bonds. The third-order valence-electron chi connectivity index (χ3n) is 4.27. The molecule has 0 bridgehead atoms. The Morgan fingerprint density at radius 3 is 2.65 bits per heavy atom. The first-order valence-corrected chi connectivity index (χ1v) is 10.6. The Labute approximate surface area is 154 Å². The van der Waals surface area contributed by atoms with E-state index in [0.29, 0.717) is 13.0 Å². The summed E-state index contributed by atoms with van der Waals surface area (Å²) in [5.41, 5.74) is -1.14. The molecule has 0 aliphatic carbocycles. The van der Waals surface area contributed by atoms with E-state index in [-0.39, 0.29) is 0 Å². The van der Waals surface area contributed by atoms with Crippen LogP contribution in [0.2, 0.25) is 0 Å². The van der Waals surface area contributed by atoms with Gasteiger partial charge in [-0.3, -0.25) is 4.90 Å². The van der Waals surface area contributed by atoms with Crippen LogP contribution in [0.25, 0.3) is 0 Å². The predicted octanol–water partition coefficient (Wildman–Crippen LogP) is 3.71. The van der Waals surface area contributed by atoms with Crippen LogP contribution < -0.4 is 4.72 Å². The number of thiophene rings is 1. The Bertz CT molecular complexity index is 836. The van der Waals surface area contributed by atoms with Crippen molar-refractivity contribution in [3.63, 3.8) is 0 Å². The molecule has 1 atom stereocenters. The quantitative estimate of drug-likeness (QED) is 0.827. The summed E-state index contributed by atoms with van der Waals surface area (Å²) in [6.45, 7) is 2.04. The van der Waals surface area contributed by atoms with E-state index in [0.717, 1.165) is 31.6 Å². The topological polar surface area (TPSA) is 49.4 Å². The van der Waals surface area contributed by atoms with E-state index < -0.39 is 32.7 Å². The van der Waals surface area contributed by atoms with Gasteiger partial charge in [-0.05, 0) is 43.0 Å². The summed E-state index contributed by atoms with van der Waals surface area (Å²) in [4.78, 5) is 2.58. The lowest BCUT2D eigenvalue weighted by molar-refractivity contribution is -0.139. The van der Waals surface area contributed by atoms with E-state index in [9.17, 15) is 21.6 Å². The van der Waals surface area contributed by atoms with Gasteiger partial charge in [-0.25, -0.2) is 13.1 Å². The van der Waals surface area contributed by atoms with Gasteiger partial charge in [-0.15, -0.1) is 11.3 Å². The molecule has 9 heteroatoms. The fraction of sp³-hybridized carbons (Fsp3) is 0.412. The number of piperidine rings is 1. The zero-order chi connectivity index (χ0) is 18.8. The van der Waals surface area contributed by atoms with Crippen molar-refractivity contribution in [1.82, 2.24) is 9.62 Å². The molecular formula is C17H19F3N2O2S2. The lowest BCUT2D eigenvalue weighted by Gasteiger charge is -2.32. The van der Waals surface area contributed by atoms with Gasteiger partial charge < -0.3 is 0 Å². The maximum Gasteiger partial charge on any atom is 0.417 e. The number of alkyl halides is 3. The van der Waals surface area contributed by atoms with Crippen LogP contribution in [0.5, 0.6) is 0 Å². The van der Waals surface area contributed by atoms with Crippen LogP contribution in [-0.4, -0.2) is 32.4 Å². The Morgan fingerprint density at radius 2 is 1.96 bits per heavy atom. The molecule has 3 rings (SSSR count). The van der Waals surface area contributed by atoms with Crippen molar-refractivity contribution in [2.24, 2.45) is 0 Å². The molecule has 1 aliphatic rings. The third-order valence-corrected chi connectivity index (χ3v) is 6.71.